The fraction of sp³-hybridized carbons (Fsp3) is 0.500. The fourth-order valence-corrected chi connectivity index (χ4v) is 4.69. The van der Waals surface area contributed by atoms with E-state index in [1.807, 2.05) is 6.92 Å². The maximum absolute atomic E-state index is 12.5. The standard InChI is InChI=1S/C22H29N3O2S/c1-17(22(26)23-8-6-20-3-2-14-28-20)25-11-9-24(10-12-25)16-18-4-5-21-19(15-18)7-13-27-21/h2-5,14-15,17H,6-13,16H2,1H3,(H,23,26)/t17-/m1/s1. The highest BCUT2D eigenvalue weighted by Gasteiger charge is 2.25. The lowest BCUT2D eigenvalue weighted by Crippen LogP contribution is -2.53. The predicted octanol–water partition coefficient (Wildman–Crippen LogP) is 2.55. The number of nitrogens with one attached hydrogen (secondary N) is 1. The van der Waals surface area contributed by atoms with Gasteiger partial charge in [0.15, 0.2) is 0 Å². The Morgan fingerprint density at radius 2 is 2.11 bits per heavy atom. The van der Waals surface area contributed by atoms with Crippen LogP contribution in [0.1, 0.15) is 22.9 Å². The highest BCUT2D eigenvalue weighted by Crippen LogP contribution is 2.26. The highest BCUT2D eigenvalue weighted by atomic mass is 32.1. The van der Waals surface area contributed by atoms with E-state index in [2.05, 4.69) is 50.8 Å². The average Bonchev–Trinajstić information content (AvgIpc) is 3.39. The fourth-order valence-electron chi connectivity index (χ4n) is 3.98. The highest BCUT2D eigenvalue weighted by molar-refractivity contribution is 7.09. The van der Waals surface area contributed by atoms with Crippen LogP contribution in [0.25, 0.3) is 0 Å². The molecular weight excluding hydrogens is 370 g/mol. The van der Waals surface area contributed by atoms with Gasteiger partial charge in [-0.15, -0.1) is 11.3 Å². The van der Waals surface area contributed by atoms with Gasteiger partial charge >= 0.3 is 0 Å². The van der Waals surface area contributed by atoms with Crippen LogP contribution in [0.15, 0.2) is 35.7 Å². The van der Waals surface area contributed by atoms with Crippen molar-refractivity contribution < 1.29 is 9.53 Å². The zero-order chi connectivity index (χ0) is 19.3. The minimum Gasteiger partial charge on any atom is -0.493 e. The van der Waals surface area contributed by atoms with E-state index >= 15 is 0 Å². The first-order valence-electron chi connectivity index (χ1n) is 10.2. The van der Waals surface area contributed by atoms with E-state index in [0.717, 1.165) is 57.9 Å². The number of piperazine rings is 1. The van der Waals surface area contributed by atoms with Crippen LogP contribution in [-0.2, 0) is 24.2 Å². The summed E-state index contributed by atoms with van der Waals surface area (Å²) in [5.74, 6) is 1.19. The summed E-state index contributed by atoms with van der Waals surface area (Å²) in [5, 5.41) is 5.17. The van der Waals surface area contributed by atoms with Gasteiger partial charge in [0.25, 0.3) is 0 Å². The van der Waals surface area contributed by atoms with E-state index in [9.17, 15) is 4.79 Å². The molecule has 0 unspecified atom stereocenters. The Labute approximate surface area is 171 Å². The van der Waals surface area contributed by atoms with E-state index < -0.39 is 0 Å². The Bertz CT molecular complexity index is 785. The van der Waals surface area contributed by atoms with Gasteiger partial charge < -0.3 is 10.1 Å². The summed E-state index contributed by atoms with van der Waals surface area (Å²) in [6, 6.07) is 10.7. The Morgan fingerprint density at radius 1 is 1.25 bits per heavy atom. The number of amides is 1. The van der Waals surface area contributed by atoms with Crippen LogP contribution in [0.5, 0.6) is 5.75 Å². The van der Waals surface area contributed by atoms with Crippen LogP contribution in [0, 0.1) is 0 Å². The first kappa shape index (κ1) is 19.4. The zero-order valence-corrected chi connectivity index (χ0v) is 17.3. The maximum atomic E-state index is 12.5. The van der Waals surface area contributed by atoms with E-state index in [1.165, 1.54) is 16.0 Å². The molecule has 0 radical (unpaired) electrons. The average molecular weight is 400 g/mol. The van der Waals surface area contributed by atoms with Crippen molar-refractivity contribution in [2.24, 2.45) is 0 Å². The molecule has 150 valence electrons. The maximum Gasteiger partial charge on any atom is 0.237 e. The Kier molecular flexibility index (Phi) is 6.29. The summed E-state index contributed by atoms with van der Waals surface area (Å²) in [6.45, 7) is 8.40. The van der Waals surface area contributed by atoms with Crippen molar-refractivity contribution >= 4 is 17.2 Å². The molecule has 5 nitrogen and oxygen atoms in total. The smallest absolute Gasteiger partial charge is 0.237 e. The molecule has 1 fully saturated rings. The van der Waals surface area contributed by atoms with Gasteiger partial charge in [0.1, 0.15) is 5.75 Å². The van der Waals surface area contributed by atoms with Gasteiger partial charge in [-0.25, -0.2) is 0 Å². The lowest BCUT2D eigenvalue weighted by Gasteiger charge is -2.37. The molecule has 6 heteroatoms. The molecule has 4 rings (SSSR count). The Hall–Kier alpha value is -1.89. The number of nitrogens with zero attached hydrogens (tertiary/aromatic N) is 2. The molecule has 28 heavy (non-hydrogen) atoms. The Morgan fingerprint density at radius 3 is 2.89 bits per heavy atom. The molecule has 1 amide bonds. The third-order valence-corrected chi connectivity index (χ3v) is 6.68. The van der Waals surface area contributed by atoms with E-state index in [0.29, 0.717) is 6.54 Å². The van der Waals surface area contributed by atoms with E-state index in [4.69, 9.17) is 4.74 Å². The molecule has 2 aliphatic heterocycles. The summed E-state index contributed by atoms with van der Waals surface area (Å²) < 4.78 is 5.60. The minimum atomic E-state index is -0.0670. The van der Waals surface area contributed by atoms with Crippen molar-refractivity contribution in [3.63, 3.8) is 0 Å². The summed E-state index contributed by atoms with van der Waals surface area (Å²) in [6.07, 6.45) is 1.94. The van der Waals surface area contributed by atoms with Gasteiger partial charge in [0.05, 0.1) is 12.6 Å². The molecular formula is C22H29N3O2S. The molecule has 0 aliphatic carbocycles. The van der Waals surface area contributed by atoms with Gasteiger partial charge in [0, 0.05) is 50.6 Å². The number of rotatable bonds is 7. The van der Waals surface area contributed by atoms with Gasteiger partial charge in [-0.2, -0.15) is 0 Å². The Balaban J connectivity index is 1.20. The number of hydrogen-bond donors (Lipinski definition) is 1. The molecule has 3 heterocycles. The zero-order valence-electron chi connectivity index (χ0n) is 16.5. The number of thiophene rings is 1. The summed E-state index contributed by atoms with van der Waals surface area (Å²) in [4.78, 5) is 18.6. The van der Waals surface area contributed by atoms with Crippen LogP contribution in [0.4, 0.5) is 0 Å². The van der Waals surface area contributed by atoms with Gasteiger partial charge in [0.2, 0.25) is 5.91 Å². The number of hydrogen-bond acceptors (Lipinski definition) is 5. The van der Waals surface area contributed by atoms with Crippen molar-refractivity contribution in [1.82, 2.24) is 15.1 Å². The normalized spacial score (nSPS) is 18.5. The van der Waals surface area contributed by atoms with Crippen LogP contribution in [0.3, 0.4) is 0 Å². The van der Waals surface area contributed by atoms with Crippen molar-refractivity contribution in [2.75, 3.05) is 39.3 Å². The largest absolute Gasteiger partial charge is 0.493 e. The molecule has 1 saturated heterocycles. The van der Waals surface area contributed by atoms with Crippen LogP contribution in [0.2, 0.25) is 0 Å². The van der Waals surface area contributed by atoms with E-state index in [-0.39, 0.29) is 11.9 Å². The monoisotopic (exact) mass is 399 g/mol. The number of ether oxygens (including phenoxy) is 1. The number of carbonyl (C=O) groups is 1. The van der Waals surface area contributed by atoms with Crippen molar-refractivity contribution in [2.45, 2.75) is 32.4 Å². The number of carbonyl (C=O) groups excluding carboxylic acids is 1. The third kappa shape index (κ3) is 4.74. The summed E-state index contributed by atoms with van der Waals surface area (Å²) >= 11 is 1.74. The van der Waals surface area contributed by atoms with Crippen LogP contribution >= 0.6 is 11.3 Å². The van der Waals surface area contributed by atoms with Gasteiger partial charge in [-0.05, 0) is 42.0 Å². The molecule has 0 saturated carbocycles. The second kappa shape index (κ2) is 9.07. The van der Waals surface area contributed by atoms with Crippen molar-refractivity contribution in [3.8, 4) is 5.75 Å². The predicted molar refractivity (Wildman–Crippen MR) is 113 cm³/mol. The molecule has 1 atom stereocenters. The van der Waals surface area contributed by atoms with E-state index in [1.54, 1.807) is 11.3 Å². The summed E-state index contributed by atoms with van der Waals surface area (Å²) in [7, 11) is 0. The van der Waals surface area contributed by atoms with Crippen LogP contribution in [-0.4, -0.2) is 61.1 Å². The minimum absolute atomic E-state index is 0.0670. The molecule has 0 spiro atoms. The lowest BCUT2D eigenvalue weighted by atomic mass is 10.1. The topological polar surface area (TPSA) is 44.8 Å². The lowest BCUT2D eigenvalue weighted by molar-refractivity contribution is -0.126. The molecule has 1 aromatic carbocycles. The number of benzene rings is 1. The molecule has 1 N–H and O–H groups in total. The first-order valence-corrected chi connectivity index (χ1v) is 11.1. The second-order valence-electron chi connectivity index (χ2n) is 7.65. The third-order valence-electron chi connectivity index (χ3n) is 5.74. The molecule has 2 aliphatic rings. The van der Waals surface area contributed by atoms with Gasteiger partial charge in [-0.1, -0.05) is 18.2 Å². The molecule has 0 bridgehead atoms. The van der Waals surface area contributed by atoms with Crippen molar-refractivity contribution in [1.29, 1.82) is 0 Å². The van der Waals surface area contributed by atoms with Crippen LogP contribution < -0.4 is 10.1 Å². The van der Waals surface area contributed by atoms with Gasteiger partial charge in [-0.3, -0.25) is 14.6 Å². The summed E-state index contributed by atoms with van der Waals surface area (Å²) in [5.41, 5.74) is 2.70. The molecule has 2 aromatic rings. The quantitative estimate of drug-likeness (QED) is 0.777. The SMILES string of the molecule is C[C@H](C(=O)NCCc1cccs1)N1CCN(Cc2ccc3c(c2)CCO3)CC1. The number of fused-ring (bicyclic) bond motifs is 1. The van der Waals surface area contributed by atoms with Crippen molar-refractivity contribution in [3.05, 3.63) is 51.7 Å². The second-order valence-corrected chi connectivity index (χ2v) is 8.68. The first-order chi connectivity index (χ1) is 13.7. The molecule has 1 aromatic heterocycles.